The molecule has 3 rings (SSSR count). The maximum absolute atomic E-state index is 13.0. The molecule has 168 valence electrons. The maximum Gasteiger partial charge on any atom is 0.255 e. The molecule has 0 radical (unpaired) electrons. The number of aromatic nitrogens is 1. The molecule has 0 bridgehead atoms. The molecule has 32 heavy (non-hydrogen) atoms. The molecule has 0 spiro atoms. The highest BCUT2D eigenvalue weighted by molar-refractivity contribution is 6.33. The molecule has 0 saturated carbocycles. The Bertz CT molecular complexity index is 1090. The number of ether oxygens (including phenoxy) is 1. The van der Waals surface area contributed by atoms with Gasteiger partial charge in [-0.25, -0.2) is 4.98 Å². The van der Waals surface area contributed by atoms with Crippen LogP contribution in [0.25, 0.3) is 0 Å². The zero-order chi connectivity index (χ0) is 23.5. The van der Waals surface area contributed by atoms with E-state index in [0.717, 1.165) is 5.69 Å². The Labute approximate surface area is 195 Å². The number of nitrogens with zero attached hydrogens (tertiary/aromatic N) is 2. The van der Waals surface area contributed by atoms with Crippen LogP contribution < -0.4 is 15.0 Å². The second kappa shape index (κ2) is 9.61. The van der Waals surface area contributed by atoms with Crippen LogP contribution >= 0.6 is 11.6 Å². The molecule has 0 atom stereocenters. The van der Waals surface area contributed by atoms with Crippen molar-refractivity contribution in [3.8, 4) is 5.75 Å². The summed E-state index contributed by atoms with van der Waals surface area (Å²) in [5.74, 6) is 1.03. The fourth-order valence-electron chi connectivity index (χ4n) is 3.27. The Hall–Kier alpha value is -3.05. The van der Waals surface area contributed by atoms with Crippen molar-refractivity contribution in [1.82, 2.24) is 4.98 Å². The lowest BCUT2D eigenvalue weighted by molar-refractivity contribution is 0.102. The second-order valence-electron chi connectivity index (χ2n) is 9.00. The van der Waals surface area contributed by atoms with Gasteiger partial charge in [-0.15, -0.1) is 0 Å². The molecule has 3 aromatic rings. The van der Waals surface area contributed by atoms with Gasteiger partial charge in [-0.3, -0.25) is 4.79 Å². The SMILES string of the molecule is CC(C)Oc1ccc(C(=O)Nc2ccc(C(C)(C)C)cc2)cc1N(C)c1ncccc1Cl. The molecule has 1 N–H and O–H groups in total. The molecule has 0 unspecified atom stereocenters. The molecule has 0 aliphatic carbocycles. The first-order chi connectivity index (χ1) is 15.1. The van der Waals surface area contributed by atoms with Crippen molar-refractivity contribution in [2.75, 3.05) is 17.3 Å². The molecule has 0 saturated heterocycles. The van der Waals surface area contributed by atoms with Gasteiger partial charge in [-0.2, -0.15) is 0 Å². The van der Waals surface area contributed by atoms with Gasteiger partial charge in [0.25, 0.3) is 5.91 Å². The Balaban J connectivity index is 1.91. The number of pyridine rings is 1. The van der Waals surface area contributed by atoms with Gasteiger partial charge in [0, 0.05) is 24.5 Å². The van der Waals surface area contributed by atoms with Crippen molar-refractivity contribution in [3.63, 3.8) is 0 Å². The molecular weight excluding hydrogens is 422 g/mol. The fraction of sp³-hybridized carbons (Fsp3) is 0.308. The Morgan fingerprint density at radius 3 is 2.38 bits per heavy atom. The predicted octanol–water partition coefficient (Wildman–Crippen LogP) is 6.84. The van der Waals surface area contributed by atoms with Crippen LogP contribution in [-0.2, 0) is 5.41 Å². The number of anilines is 3. The highest BCUT2D eigenvalue weighted by Gasteiger charge is 2.19. The van der Waals surface area contributed by atoms with E-state index < -0.39 is 0 Å². The van der Waals surface area contributed by atoms with E-state index in [-0.39, 0.29) is 17.4 Å². The van der Waals surface area contributed by atoms with Crippen molar-refractivity contribution in [2.24, 2.45) is 0 Å². The van der Waals surface area contributed by atoms with Crippen molar-refractivity contribution in [2.45, 2.75) is 46.1 Å². The first-order valence-corrected chi connectivity index (χ1v) is 11.0. The lowest BCUT2D eigenvalue weighted by Gasteiger charge is -2.24. The van der Waals surface area contributed by atoms with Gasteiger partial charge in [-0.05, 0) is 67.3 Å². The van der Waals surface area contributed by atoms with Gasteiger partial charge < -0.3 is 15.0 Å². The minimum Gasteiger partial charge on any atom is -0.489 e. The minimum atomic E-state index is -0.202. The van der Waals surface area contributed by atoms with Crippen LogP contribution in [0.1, 0.15) is 50.5 Å². The summed E-state index contributed by atoms with van der Waals surface area (Å²) in [5, 5.41) is 3.49. The second-order valence-corrected chi connectivity index (χ2v) is 9.41. The van der Waals surface area contributed by atoms with Crippen molar-refractivity contribution < 1.29 is 9.53 Å². The highest BCUT2D eigenvalue weighted by Crippen LogP contribution is 2.36. The number of hydrogen-bond acceptors (Lipinski definition) is 4. The van der Waals surface area contributed by atoms with Crippen LogP contribution in [0.5, 0.6) is 5.75 Å². The maximum atomic E-state index is 13.0. The van der Waals surface area contributed by atoms with Crippen molar-refractivity contribution >= 4 is 34.7 Å². The van der Waals surface area contributed by atoms with E-state index >= 15 is 0 Å². The Morgan fingerprint density at radius 1 is 1.09 bits per heavy atom. The number of halogens is 1. The topological polar surface area (TPSA) is 54.5 Å². The zero-order valence-electron chi connectivity index (χ0n) is 19.4. The number of carbonyl (C=O) groups is 1. The Kier molecular flexibility index (Phi) is 7.09. The summed E-state index contributed by atoms with van der Waals surface area (Å²) in [7, 11) is 1.85. The summed E-state index contributed by atoms with van der Waals surface area (Å²) in [5.41, 5.74) is 3.22. The molecule has 0 aliphatic rings. The summed E-state index contributed by atoms with van der Waals surface area (Å²) in [6, 6.07) is 16.8. The zero-order valence-corrected chi connectivity index (χ0v) is 20.2. The van der Waals surface area contributed by atoms with E-state index in [1.165, 1.54) is 5.56 Å². The third-order valence-electron chi connectivity index (χ3n) is 5.01. The molecule has 6 heteroatoms. The summed E-state index contributed by atoms with van der Waals surface area (Å²) < 4.78 is 5.98. The van der Waals surface area contributed by atoms with Crippen LogP contribution in [0, 0.1) is 0 Å². The van der Waals surface area contributed by atoms with E-state index in [1.807, 2.05) is 50.1 Å². The van der Waals surface area contributed by atoms with Gasteiger partial charge in [0.2, 0.25) is 0 Å². The van der Waals surface area contributed by atoms with E-state index in [4.69, 9.17) is 16.3 Å². The molecule has 0 fully saturated rings. The number of benzene rings is 2. The number of rotatable bonds is 6. The van der Waals surface area contributed by atoms with Gasteiger partial charge in [0.1, 0.15) is 5.75 Å². The number of hydrogen-bond donors (Lipinski definition) is 1. The first-order valence-electron chi connectivity index (χ1n) is 10.6. The highest BCUT2D eigenvalue weighted by atomic mass is 35.5. The lowest BCUT2D eigenvalue weighted by atomic mass is 9.87. The van der Waals surface area contributed by atoms with Crippen LogP contribution in [0.2, 0.25) is 5.02 Å². The molecule has 1 amide bonds. The average Bonchev–Trinajstić information content (AvgIpc) is 2.73. The van der Waals surface area contributed by atoms with Gasteiger partial charge in [-0.1, -0.05) is 44.5 Å². The quantitative estimate of drug-likeness (QED) is 0.445. The molecular formula is C26H30ClN3O2. The third kappa shape index (κ3) is 5.60. The first kappa shape index (κ1) is 23.6. The summed E-state index contributed by atoms with van der Waals surface area (Å²) in [6.45, 7) is 10.4. The van der Waals surface area contributed by atoms with Crippen LogP contribution in [0.3, 0.4) is 0 Å². The standard InChI is InChI=1S/C26H30ClN3O2/c1-17(2)32-23-14-9-18(16-22(23)30(6)24-21(27)8-7-15-28-24)25(31)29-20-12-10-19(11-13-20)26(3,4)5/h7-17H,1-6H3,(H,29,31). The van der Waals surface area contributed by atoms with E-state index in [1.54, 1.807) is 36.5 Å². The molecule has 1 heterocycles. The smallest absolute Gasteiger partial charge is 0.255 e. The number of amides is 1. The van der Waals surface area contributed by atoms with Crippen LogP contribution in [0.15, 0.2) is 60.8 Å². The lowest BCUT2D eigenvalue weighted by Crippen LogP contribution is -2.18. The summed E-state index contributed by atoms with van der Waals surface area (Å²) in [6.07, 6.45) is 1.65. The Morgan fingerprint density at radius 2 is 1.78 bits per heavy atom. The molecule has 1 aromatic heterocycles. The number of nitrogens with one attached hydrogen (secondary N) is 1. The molecule has 0 aliphatic heterocycles. The van der Waals surface area contributed by atoms with Gasteiger partial charge in [0.15, 0.2) is 5.82 Å². The van der Waals surface area contributed by atoms with Gasteiger partial charge in [0.05, 0.1) is 16.8 Å². The average molecular weight is 452 g/mol. The largest absolute Gasteiger partial charge is 0.489 e. The number of carbonyl (C=O) groups excluding carboxylic acids is 1. The normalized spacial score (nSPS) is 11.4. The van der Waals surface area contributed by atoms with E-state index in [0.29, 0.717) is 27.8 Å². The van der Waals surface area contributed by atoms with Gasteiger partial charge >= 0.3 is 0 Å². The van der Waals surface area contributed by atoms with Crippen molar-refractivity contribution in [3.05, 3.63) is 76.9 Å². The van der Waals surface area contributed by atoms with E-state index in [2.05, 4.69) is 31.1 Å². The third-order valence-corrected chi connectivity index (χ3v) is 5.31. The van der Waals surface area contributed by atoms with E-state index in [9.17, 15) is 4.79 Å². The predicted molar refractivity (Wildman–Crippen MR) is 133 cm³/mol. The minimum absolute atomic E-state index is 0.0256. The fourth-order valence-corrected chi connectivity index (χ4v) is 3.52. The molecule has 5 nitrogen and oxygen atoms in total. The van der Waals surface area contributed by atoms with Crippen molar-refractivity contribution in [1.29, 1.82) is 0 Å². The summed E-state index contributed by atoms with van der Waals surface area (Å²) >= 11 is 6.36. The van der Waals surface area contributed by atoms with Crippen LogP contribution in [-0.4, -0.2) is 24.0 Å². The van der Waals surface area contributed by atoms with Crippen LogP contribution in [0.4, 0.5) is 17.2 Å². The monoisotopic (exact) mass is 451 g/mol. The molecule has 2 aromatic carbocycles. The summed E-state index contributed by atoms with van der Waals surface area (Å²) in [4.78, 5) is 19.2.